The summed E-state index contributed by atoms with van der Waals surface area (Å²) in [6.07, 6.45) is 0. The van der Waals surface area contributed by atoms with E-state index in [9.17, 15) is 0 Å². The van der Waals surface area contributed by atoms with Crippen LogP contribution >= 0.6 is 0 Å². The minimum absolute atomic E-state index is 0.325. The number of hydrogen-bond donors (Lipinski definition) is 0. The first-order valence-electron chi connectivity index (χ1n) is 14.8. The first-order chi connectivity index (χ1) is 20.5. The third-order valence-electron chi connectivity index (χ3n) is 10.1. The second-order valence-corrected chi connectivity index (χ2v) is 12.3. The molecule has 0 bridgehead atoms. The minimum atomic E-state index is -0.325. The smallest absolute Gasteiger partial charge is 0.147 e. The van der Waals surface area contributed by atoms with Crippen LogP contribution in [0.1, 0.15) is 22.3 Å². The zero-order chi connectivity index (χ0) is 28.2. The van der Waals surface area contributed by atoms with Gasteiger partial charge in [-0.15, -0.1) is 0 Å². The van der Waals surface area contributed by atoms with Gasteiger partial charge in [0.2, 0.25) is 0 Å². The average Bonchev–Trinajstić information content (AvgIpc) is 3.60. The minimum Gasteiger partial charge on any atom is -0.344 e. The fraction of sp³-hybridized carbons (Fsp3) is 0.100. The van der Waals surface area contributed by atoms with Gasteiger partial charge in [-0.1, -0.05) is 97.1 Å². The molecule has 3 aliphatic rings. The summed E-state index contributed by atoms with van der Waals surface area (Å²) in [5.41, 5.74) is 18.3. The summed E-state index contributed by atoms with van der Waals surface area (Å²) < 4.78 is 0.750. The lowest BCUT2D eigenvalue weighted by atomic mass is 9.70. The molecule has 1 spiro atoms. The Morgan fingerprint density at radius 3 is 1.69 bits per heavy atom. The number of quaternary nitrogens is 1. The Morgan fingerprint density at radius 2 is 1.00 bits per heavy atom. The van der Waals surface area contributed by atoms with E-state index in [1.165, 1.54) is 78.4 Å². The molecule has 1 aliphatic heterocycles. The van der Waals surface area contributed by atoms with E-state index >= 15 is 0 Å². The predicted octanol–water partition coefficient (Wildman–Crippen LogP) is 9.68. The Labute approximate surface area is 247 Å². The van der Waals surface area contributed by atoms with Crippen molar-refractivity contribution in [3.05, 3.63) is 156 Å². The Bertz CT molecular complexity index is 2050. The number of hydrogen-bond acceptors (Lipinski definition) is 1. The van der Waals surface area contributed by atoms with Gasteiger partial charge in [-0.3, -0.25) is 4.48 Å². The molecule has 9 rings (SSSR count). The molecular weight excluding hydrogens is 508 g/mol. The number of para-hydroxylation sites is 1. The lowest BCUT2D eigenvalue weighted by Crippen LogP contribution is -2.32. The van der Waals surface area contributed by atoms with Gasteiger partial charge in [-0.25, -0.2) is 0 Å². The highest BCUT2D eigenvalue weighted by Crippen LogP contribution is 2.64. The van der Waals surface area contributed by atoms with E-state index in [4.69, 9.17) is 0 Å². The van der Waals surface area contributed by atoms with Crippen molar-refractivity contribution in [1.29, 1.82) is 0 Å². The van der Waals surface area contributed by atoms with E-state index in [-0.39, 0.29) is 5.41 Å². The third kappa shape index (κ3) is 2.73. The molecule has 6 aromatic rings. The average molecular weight is 540 g/mol. The summed E-state index contributed by atoms with van der Waals surface area (Å²) in [6, 6.07) is 49.8. The van der Waals surface area contributed by atoms with Crippen LogP contribution in [0.4, 0.5) is 22.7 Å². The number of benzene rings is 6. The summed E-state index contributed by atoms with van der Waals surface area (Å²) in [4.78, 5) is 2.39. The fourth-order valence-electron chi connectivity index (χ4n) is 8.28. The normalized spacial score (nSPS) is 15.4. The first-order valence-corrected chi connectivity index (χ1v) is 14.8. The predicted molar refractivity (Wildman–Crippen MR) is 176 cm³/mol. The van der Waals surface area contributed by atoms with E-state index < -0.39 is 0 Å². The van der Waals surface area contributed by atoms with Gasteiger partial charge < -0.3 is 4.90 Å². The van der Waals surface area contributed by atoms with Crippen LogP contribution in [0.15, 0.2) is 133 Å². The summed E-state index contributed by atoms with van der Waals surface area (Å²) in [7, 11) is 6.82. The van der Waals surface area contributed by atoms with Gasteiger partial charge in [0.25, 0.3) is 0 Å². The number of anilines is 2. The quantitative estimate of drug-likeness (QED) is 0.198. The molecule has 0 atom stereocenters. The largest absolute Gasteiger partial charge is 0.344 e. The molecule has 42 heavy (non-hydrogen) atoms. The van der Waals surface area contributed by atoms with Gasteiger partial charge >= 0.3 is 0 Å². The molecule has 0 saturated heterocycles. The maximum Gasteiger partial charge on any atom is 0.147 e. The number of rotatable bonds is 2. The molecule has 0 N–H and O–H groups in total. The van der Waals surface area contributed by atoms with Crippen molar-refractivity contribution < 1.29 is 0 Å². The van der Waals surface area contributed by atoms with Crippen LogP contribution in [0, 0.1) is 0 Å². The van der Waals surface area contributed by atoms with Crippen LogP contribution in [-0.2, 0) is 5.41 Å². The van der Waals surface area contributed by atoms with Crippen molar-refractivity contribution >= 4 is 22.7 Å². The summed E-state index contributed by atoms with van der Waals surface area (Å²) in [6.45, 7) is 0. The lowest BCUT2D eigenvalue weighted by molar-refractivity contribution is 0.568. The van der Waals surface area contributed by atoms with E-state index in [1.807, 2.05) is 0 Å². The molecule has 6 aromatic carbocycles. The van der Waals surface area contributed by atoms with Crippen LogP contribution < -0.4 is 9.38 Å². The van der Waals surface area contributed by atoms with Crippen LogP contribution in [0.25, 0.3) is 33.4 Å². The molecule has 1 heterocycles. The first kappa shape index (κ1) is 23.8. The van der Waals surface area contributed by atoms with Gasteiger partial charge in [0.05, 0.1) is 19.5 Å². The molecule has 2 heteroatoms. The Hall–Kier alpha value is -4.92. The fourth-order valence-corrected chi connectivity index (χ4v) is 8.28. The topological polar surface area (TPSA) is 3.24 Å². The van der Waals surface area contributed by atoms with Crippen molar-refractivity contribution in [2.24, 2.45) is 0 Å². The molecule has 0 fully saturated rings. The number of fused-ring (bicyclic) bond motifs is 13. The van der Waals surface area contributed by atoms with Crippen LogP contribution in [0.2, 0.25) is 0 Å². The Kier molecular flexibility index (Phi) is 4.58. The lowest BCUT2D eigenvalue weighted by Gasteiger charge is -2.31. The van der Waals surface area contributed by atoms with Crippen LogP contribution in [0.3, 0.4) is 0 Å². The van der Waals surface area contributed by atoms with E-state index in [0.29, 0.717) is 0 Å². The van der Waals surface area contributed by atoms with Crippen molar-refractivity contribution in [1.82, 2.24) is 4.48 Å². The van der Waals surface area contributed by atoms with Gasteiger partial charge in [0.15, 0.2) is 0 Å². The van der Waals surface area contributed by atoms with Crippen molar-refractivity contribution in [3.8, 4) is 33.4 Å². The molecular formula is C40H31N2+. The third-order valence-corrected chi connectivity index (χ3v) is 10.1. The van der Waals surface area contributed by atoms with E-state index in [1.54, 1.807) is 0 Å². The zero-order valence-electron chi connectivity index (χ0n) is 24.1. The summed E-state index contributed by atoms with van der Waals surface area (Å²) in [5, 5.41) is 0. The SMILES string of the molecule is CN(c1ccc2c(c1)[N+](C)(C)c1ccccc1-2)c1cccc2c1-c1ccccc1C21c2ccccc2-c2ccccc21. The monoisotopic (exact) mass is 539 g/mol. The molecule has 0 radical (unpaired) electrons. The van der Waals surface area contributed by atoms with Gasteiger partial charge in [0, 0.05) is 47.2 Å². The van der Waals surface area contributed by atoms with Crippen molar-refractivity contribution in [3.63, 3.8) is 0 Å². The van der Waals surface area contributed by atoms with Crippen LogP contribution in [0.5, 0.6) is 0 Å². The van der Waals surface area contributed by atoms with Crippen LogP contribution in [-0.4, -0.2) is 21.1 Å². The highest BCUT2D eigenvalue weighted by molar-refractivity contribution is 6.00. The maximum absolute atomic E-state index is 2.39. The van der Waals surface area contributed by atoms with Crippen molar-refractivity contribution in [2.75, 3.05) is 26.0 Å². The molecule has 2 aliphatic carbocycles. The summed E-state index contributed by atoms with van der Waals surface area (Å²) in [5.74, 6) is 0. The Balaban J connectivity index is 1.28. The highest BCUT2D eigenvalue weighted by atomic mass is 15.3. The molecule has 0 aromatic heterocycles. The summed E-state index contributed by atoms with van der Waals surface area (Å²) >= 11 is 0. The van der Waals surface area contributed by atoms with Gasteiger partial charge in [0.1, 0.15) is 11.4 Å². The maximum atomic E-state index is 2.39. The van der Waals surface area contributed by atoms with E-state index in [0.717, 1.165) is 4.48 Å². The van der Waals surface area contributed by atoms with Gasteiger partial charge in [-0.05, 0) is 63.2 Å². The van der Waals surface area contributed by atoms with Crippen molar-refractivity contribution in [2.45, 2.75) is 5.41 Å². The Morgan fingerprint density at radius 1 is 0.476 bits per heavy atom. The van der Waals surface area contributed by atoms with Gasteiger partial charge in [-0.2, -0.15) is 0 Å². The molecule has 2 nitrogen and oxygen atoms in total. The molecule has 0 unspecified atom stereocenters. The molecule has 200 valence electrons. The zero-order valence-corrected chi connectivity index (χ0v) is 24.1. The second-order valence-electron chi connectivity index (χ2n) is 12.3. The van der Waals surface area contributed by atoms with E-state index in [2.05, 4.69) is 160 Å². The molecule has 0 amide bonds. The standard InChI is InChI=1S/C40H31N2/c1-41(26-23-24-30-29-15-7-11-22-37(29)42(2,3)38(30)25-26)36-21-12-20-35-39(36)31-16-6-10-19-34(31)40(35)32-17-8-4-13-27(32)28-14-5-9-18-33(28)40/h4-25H,1-3H3/q+1. The highest BCUT2D eigenvalue weighted by Gasteiger charge is 2.52. The molecule has 0 saturated carbocycles. The number of nitrogens with zero attached hydrogens (tertiary/aromatic N) is 2. The second kappa shape index (κ2) is 8.09.